The third kappa shape index (κ3) is 66.5. The number of ether oxygens (including phenoxy) is 3. The Bertz CT molecular complexity index is 1670. The predicted molar refractivity (Wildman–Crippen MR) is 353 cm³/mol. The summed E-state index contributed by atoms with van der Waals surface area (Å²) in [5, 5.41) is 0. The van der Waals surface area contributed by atoms with Crippen molar-refractivity contribution in [1.82, 2.24) is 0 Å². The van der Waals surface area contributed by atoms with Crippen molar-refractivity contribution < 1.29 is 28.6 Å². The number of carbonyl (C=O) groups is 3. The molecule has 81 heavy (non-hydrogen) atoms. The highest BCUT2D eigenvalue weighted by atomic mass is 16.6. The summed E-state index contributed by atoms with van der Waals surface area (Å²) in [5.41, 5.74) is 0. The van der Waals surface area contributed by atoms with Crippen LogP contribution in [0.1, 0.15) is 316 Å². The second kappa shape index (κ2) is 68.3. The van der Waals surface area contributed by atoms with Gasteiger partial charge in [0.25, 0.3) is 0 Å². The van der Waals surface area contributed by atoms with Crippen LogP contribution in [0.5, 0.6) is 0 Å². The molecule has 0 bridgehead atoms. The monoisotopic (exact) mass is 1120 g/mol. The quantitative estimate of drug-likeness (QED) is 0.0261. The molecule has 0 amide bonds. The zero-order valence-corrected chi connectivity index (χ0v) is 53.0. The Balaban J connectivity index is 4.24. The minimum atomic E-state index is -0.789. The lowest BCUT2D eigenvalue weighted by molar-refractivity contribution is -0.167. The van der Waals surface area contributed by atoms with Crippen molar-refractivity contribution in [2.45, 2.75) is 322 Å². The largest absolute Gasteiger partial charge is 0.462 e. The van der Waals surface area contributed by atoms with Crippen LogP contribution in [-0.2, 0) is 28.6 Å². The molecule has 0 N–H and O–H groups in total. The summed E-state index contributed by atoms with van der Waals surface area (Å²) >= 11 is 0. The Labute approximate surface area is 501 Å². The van der Waals surface area contributed by atoms with E-state index in [0.717, 1.165) is 122 Å². The summed E-state index contributed by atoms with van der Waals surface area (Å²) in [6.45, 7) is 6.49. The van der Waals surface area contributed by atoms with E-state index in [1.165, 1.54) is 154 Å². The van der Waals surface area contributed by atoms with Crippen molar-refractivity contribution in [2.75, 3.05) is 13.2 Å². The van der Waals surface area contributed by atoms with Gasteiger partial charge in [-0.1, -0.05) is 284 Å². The van der Waals surface area contributed by atoms with Gasteiger partial charge in [-0.3, -0.25) is 14.4 Å². The molecule has 0 heterocycles. The van der Waals surface area contributed by atoms with E-state index in [0.29, 0.717) is 19.3 Å². The molecule has 0 fully saturated rings. The molecule has 0 aliphatic carbocycles. The van der Waals surface area contributed by atoms with E-state index in [-0.39, 0.29) is 31.1 Å². The first-order valence-electron chi connectivity index (χ1n) is 34.0. The van der Waals surface area contributed by atoms with Crippen LogP contribution >= 0.6 is 0 Å². The maximum absolute atomic E-state index is 12.9. The molecule has 6 heteroatoms. The lowest BCUT2D eigenvalue weighted by Gasteiger charge is -2.18. The number of carbonyl (C=O) groups excluding carboxylic acids is 3. The van der Waals surface area contributed by atoms with Crippen LogP contribution in [-0.4, -0.2) is 37.2 Å². The minimum Gasteiger partial charge on any atom is -0.462 e. The molecule has 0 spiro atoms. The van der Waals surface area contributed by atoms with Gasteiger partial charge >= 0.3 is 17.9 Å². The molecule has 6 nitrogen and oxygen atoms in total. The average molecular weight is 1120 g/mol. The Morgan fingerprint density at radius 2 is 0.481 bits per heavy atom. The van der Waals surface area contributed by atoms with E-state index in [1.54, 1.807) is 0 Å². The van der Waals surface area contributed by atoms with Crippen LogP contribution < -0.4 is 0 Å². The van der Waals surface area contributed by atoms with Crippen LogP contribution in [0, 0.1) is 0 Å². The average Bonchev–Trinajstić information content (AvgIpc) is 3.47. The predicted octanol–water partition coefficient (Wildman–Crippen LogP) is 23.6. The SMILES string of the molecule is CC/C=C\C/C=C\C/C=C\C/C=C\C/C=C\C/C=C\C/C=C\CCCCCCCCCCCCCC(=O)OCC(COC(=O)CCCCCCC/C=C\CCCCC)OC(=O)CCCCCCCCC/C=C\C/C=C\CCCCCC. The van der Waals surface area contributed by atoms with Gasteiger partial charge in [0.15, 0.2) is 6.10 Å². The lowest BCUT2D eigenvalue weighted by Crippen LogP contribution is -2.30. The number of hydrogen-bond donors (Lipinski definition) is 0. The van der Waals surface area contributed by atoms with Gasteiger partial charge in [-0.2, -0.15) is 0 Å². The fourth-order valence-electron chi connectivity index (χ4n) is 9.33. The van der Waals surface area contributed by atoms with Gasteiger partial charge in [0.1, 0.15) is 13.2 Å². The van der Waals surface area contributed by atoms with Crippen LogP contribution in [0.4, 0.5) is 0 Å². The van der Waals surface area contributed by atoms with Crippen LogP contribution in [0.3, 0.4) is 0 Å². The second-order valence-corrected chi connectivity index (χ2v) is 22.3. The van der Waals surface area contributed by atoms with E-state index in [4.69, 9.17) is 14.2 Å². The Morgan fingerprint density at radius 3 is 0.790 bits per heavy atom. The Kier molecular flexibility index (Phi) is 64.8. The van der Waals surface area contributed by atoms with Gasteiger partial charge in [0, 0.05) is 19.3 Å². The van der Waals surface area contributed by atoms with Gasteiger partial charge in [0.05, 0.1) is 0 Å². The number of unbranched alkanes of at least 4 members (excludes halogenated alkanes) is 30. The summed E-state index contributed by atoms with van der Waals surface area (Å²) in [6.07, 6.45) is 95.0. The molecule has 0 aliphatic rings. The first-order valence-corrected chi connectivity index (χ1v) is 34.0. The normalized spacial score (nSPS) is 12.9. The maximum atomic E-state index is 12.9. The van der Waals surface area contributed by atoms with Crippen molar-refractivity contribution in [3.05, 3.63) is 122 Å². The Hall–Kier alpha value is -4.19. The number of allylic oxidation sites excluding steroid dienone is 20. The first kappa shape index (κ1) is 76.8. The molecule has 0 rings (SSSR count). The van der Waals surface area contributed by atoms with Gasteiger partial charge in [0.2, 0.25) is 0 Å². The fourth-order valence-corrected chi connectivity index (χ4v) is 9.33. The third-order valence-electron chi connectivity index (χ3n) is 14.4. The van der Waals surface area contributed by atoms with Crippen molar-refractivity contribution in [2.24, 2.45) is 0 Å². The van der Waals surface area contributed by atoms with Crippen molar-refractivity contribution in [1.29, 1.82) is 0 Å². The number of hydrogen-bond acceptors (Lipinski definition) is 6. The summed E-state index contributed by atoms with van der Waals surface area (Å²) in [7, 11) is 0. The minimum absolute atomic E-state index is 0.0856. The first-order chi connectivity index (χ1) is 40.0. The molecule has 0 aromatic heterocycles. The van der Waals surface area contributed by atoms with Crippen LogP contribution in [0.2, 0.25) is 0 Å². The molecule has 0 aromatic carbocycles. The van der Waals surface area contributed by atoms with E-state index in [9.17, 15) is 14.4 Å². The number of esters is 3. The maximum Gasteiger partial charge on any atom is 0.306 e. The zero-order chi connectivity index (χ0) is 58.5. The molecule has 1 atom stereocenters. The Morgan fingerprint density at radius 1 is 0.259 bits per heavy atom. The molecular weight excluding hydrogens is 997 g/mol. The van der Waals surface area contributed by atoms with Crippen LogP contribution in [0.25, 0.3) is 0 Å². The molecule has 1 unspecified atom stereocenters. The molecule has 0 saturated heterocycles. The van der Waals surface area contributed by atoms with Gasteiger partial charge in [-0.05, 0) is 135 Å². The van der Waals surface area contributed by atoms with Gasteiger partial charge < -0.3 is 14.2 Å². The highest BCUT2D eigenvalue weighted by molar-refractivity contribution is 5.71. The molecule has 0 aliphatic heterocycles. The van der Waals surface area contributed by atoms with Crippen molar-refractivity contribution in [3.8, 4) is 0 Å². The van der Waals surface area contributed by atoms with Crippen LogP contribution in [0.15, 0.2) is 122 Å². The summed E-state index contributed by atoms with van der Waals surface area (Å²) in [6, 6.07) is 0. The highest BCUT2D eigenvalue weighted by Gasteiger charge is 2.19. The second-order valence-electron chi connectivity index (χ2n) is 22.3. The smallest absolute Gasteiger partial charge is 0.306 e. The summed E-state index contributed by atoms with van der Waals surface area (Å²) < 4.78 is 16.9. The standard InChI is InChI=1S/C75H126O6/c1-4-7-10-13-16-19-22-25-27-29-31-32-33-34-35-36-37-38-39-40-41-42-43-44-45-47-48-50-53-56-59-62-65-68-74(77)80-71-72(70-79-73(76)67-64-61-58-55-52-24-21-18-15-12-9-6-3)81-75(78)69-66-63-60-57-54-51-49-46-30-28-26-23-20-17-14-11-8-5-2/h7,10,16,18-21,23,25,27-28,30-32,34-35,37-38,40-41,72H,4-6,8-9,11-15,17,22,24,26,29,33,36,39,42-71H2,1-3H3/b10-7-,19-16-,21-18-,23-20-,27-25-,30-28-,32-31-,35-34-,38-37-,41-40-. The molecule has 0 saturated carbocycles. The molecule has 462 valence electrons. The lowest BCUT2D eigenvalue weighted by atomic mass is 10.0. The van der Waals surface area contributed by atoms with E-state index in [2.05, 4.69) is 142 Å². The zero-order valence-electron chi connectivity index (χ0n) is 53.0. The van der Waals surface area contributed by atoms with E-state index >= 15 is 0 Å². The van der Waals surface area contributed by atoms with E-state index < -0.39 is 6.10 Å². The third-order valence-corrected chi connectivity index (χ3v) is 14.4. The summed E-state index contributed by atoms with van der Waals surface area (Å²) in [4.78, 5) is 38.3. The fraction of sp³-hybridized carbons (Fsp3) is 0.693. The topological polar surface area (TPSA) is 78.9 Å². The van der Waals surface area contributed by atoms with E-state index in [1.807, 2.05) is 0 Å². The van der Waals surface area contributed by atoms with Crippen molar-refractivity contribution in [3.63, 3.8) is 0 Å². The van der Waals surface area contributed by atoms with Crippen molar-refractivity contribution >= 4 is 17.9 Å². The highest BCUT2D eigenvalue weighted by Crippen LogP contribution is 2.16. The molecule has 0 aromatic rings. The van der Waals surface area contributed by atoms with Gasteiger partial charge in [-0.15, -0.1) is 0 Å². The molecule has 0 radical (unpaired) electrons. The number of rotatable bonds is 61. The summed E-state index contributed by atoms with van der Waals surface area (Å²) in [5.74, 6) is -0.898. The molecular formula is C75H126O6. The van der Waals surface area contributed by atoms with Gasteiger partial charge in [-0.25, -0.2) is 0 Å².